The number of amides is 1. The molecule has 0 spiro atoms. The van der Waals surface area contributed by atoms with E-state index in [4.69, 9.17) is 21.6 Å². The minimum atomic E-state index is -3.67. The first kappa shape index (κ1) is 21.8. The zero-order chi connectivity index (χ0) is 21.7. The van der Waals surface area contributed by atoms with E-state index in [1.807, 2.05) is 6.07 Å². The van der Waals surface area contributed by atoms with E-state index in [-0.39, 0.29) is 36.6 Å². The maximum atomic E-state index is 12.7. The van der Waals surface area contributed by atoms with Crippen LogP contribution in [0.4, 0.5) is 0 Å². The van der Waals surface area contributed by atoms with Crippen LogP contribution in [0.3, 0.4) is 0 Å². The van der Waals surface area contributed by atoms with Crippen molar-refractivity contribution in [2.24, 2.45) is 0 Å². The van der Waals surface area contributed by atoms with Crippen LogP contribution in [0.2, 0.25) is 5.02 Å². The van der Waals surface area contributed by atoms with Crippen LogP contribution >= 0.6 is 11.6 Å². The molecule has 0 aromatic heterocycles. The quantitative estimate of drug-likeness (QED) is 0.648. The van der Waals surface area contributed by atoms with Crippen molar-refractivity contribution in [3.63, 3.8) is 0 Å². The molecule has 0 radical (unpaired) electrons. The third kappa shape index (κ3) is 4.97. The van der Waals surface area contributed by atoms with Gasteiger partial charge in [-0.1, -0.05) is 11.6 Å². The Hall–Kier alpha value is -2.93. The molecule has 1 aliphatic rings. The van der Waals surface area contributed by atoms with Gasteiger partial charge in [0.1, 0.15) is 0 Å². The maximum Gasteiger partial charge on any atom is 0.338 e. The highest BCUT2D eigenvalue weighted by atomic mass is 35.5. The van der Waals surface area contributed by atoms with E-state index >= 15 is 0 Å². The summed E-state index contributed by atoms with van der Waals surface area (Å²) in [4.78, 5) is 25.9. The van der Waals surface area contributed by atoms with Gasteiger partial charge in [0, 0.05) is 31.2 Å². The van der Waals surface area contributed by atoms with Crippen molar-refractivity contribution < 1.29 is 22.7 Å². The van der Waals surface area contributed by atoms with Gasteiger partial charge in [-0.3, -0.25) is 4.79 Å². The number of carbonyl (C=O) groups is 2. The molecule has 2 aromatic rings. The summed E-state index contributed by atoms with van der Waals surface area (Å²) >= 11 is 5.80. The van der Waals surface area contributed by atoms with Crippen molar-refractivity contribution in [3.05, 3.63) is 64.7 Å². The lowest BCUT2D eigenvalue weighted by Gasteiger charge is -2.33. The Bertz CT molecular complexity index is 1070. The molecule has 1 amide bonds. The molecule has 3 rings (SSSR count). The zero-order valence-electron chi connectivity index (χ0n) is 15.8. The summed E-state index contributed by atoms with van der Waals surface area (Å²) in [5.41, 5.74) is 0.648. The summed E-state index contributed by atoms with van der Waals surface area (Å²) in [7, 11) is -3.67. The topological polar surface area (TPSA) is 108 Å². The third-order valence-corrected chi connectivity index (χ3v) is 6.78. The Morgan fingerprint density at radius 2 is 1.60 bits per heavy atom. The van der Waals surface area contributed by atoms with Gasteiger partial charge in [0.2, 0.25) is 10.0 Å². The van der Waals surface area contributed by atoms with Crippen molar-refractivity contribution in [2.75, 3.05) is 32.8 Å². The number of carbonyl (C=O) groups excluding carboxylic acids is 2. The molecule has 30 heavy (non-hydrogen) atoms. The fourth-order valence-electron chi connectivity index (χ4n) is 2.92. The highest BCUT2D eigenvalue weighted by Gasteiger charge is 2.30. The number of esters is 1. The van der Waals surface area contributed by atoms with Crippen LogP contribution < -0.4 is 0 Å². The molecule has 1 heterocycles. The Labute approximate surface area is 179 Å². The van der Waals surface area contributed by atoms with Gasteiger partial charge in [-0.05, 0) is 48.5 Å². The number of hydrogen-bond acceptors (Lipinski definition) is 6. The average Bonchev–Trinajstić information content (AvgIpc) is 2.77. The summed E-state index contributed by atoms with van der Waals surface area (Å²) < 4.78 is 31.7. The molecule has 0 bridgehead atoms. The summed E-state index contributed by atoms with van der Waals surface area (Å²) in [6.07, 6.45) is 0. The fraction of sp³-hybridized carbons (Fsp3) is 0.250. The zero-order valence-corrected chi connectivity index (χ0v) is 17.4. The van der Waals surface area contributed by atoms with Gasteiger partial charge in [-0.15, -0.1) is 0 Å². The van der Waals surface area contributed by atoms with Gasteiger partial charge >= 0.3 is 5.97 Å². The van der Waals surface area contributed by atoms with Crippen molar-refractivity contribution >= 4 is 33.5 Å². The minimum absolute atomic E-state index is 0.139. The maximum absolute atomic E-state index is 12.7. The number of ether oxygens (including phenoxy) is 1. The molecule has 0 atom stereocenters. The molecular weight excluding hydrogens is 430 g/mol. The molecule has 0 unspecified atom stereocenters. The molecule has 10 heteroatoms. The molecule has 1 saturated heterocycles. The predicted octanol–water partition coefficient (Wildman–Crippen LogP) is 1.90. The number of halogens is 1. The Balaban J connectivity index is 1.52. The van der Waals surface area contributed by atoms with Crippen LogP contribution in [0.25, 0.3) is 0 Å². The molecule has 8 nitrogen and oxygen atoms in total. The number of benzene rings is 2. The standard InChI is InChI=1S/C20H18ClN3O5S/c21-17-5-7-18(8-6-17)30(27,28)24-11-9-23(10-12-24)19(25)14-29-20(26)16-3-1-15(13-22)2-4-16/h1-8H,9-12,14H2. The molecule has 1 fully saturated rings. The summed E-state index contributed by atoms with van der Waals surface area (Å²) in [6.45, 7) is 0.226. The Morgan fingerprint density at radius 3 is 2.17 bits per heavy atom. The highest BCUT2D eigenvalue weighted by molar-refractivity contribution is 7.89. The van der Waals surface area contributed by atoms with Crippen LogP contribution in [0.1, 0.15) is 15.9 Å². The second-order valence-corrected chi connectivity index (χ2v) is 8.88. The van der Waals surface area contributed by atoms with E-state index in [9.17, 15) is 18.0 Å². The van der Waals surface area contributed by atoms with E-state index in [2.05, 4.69) is 0 Å². The van der Waals surface area contributed by atoms with Crippen molar-refractivity contribution in [2.45, 2.75) is 4.90 Å². The Morgan fingerprint density at radius 1 is 1.00 bits per heavy atom. The lowest BCUT2D eigenvalue weighted by molar-refractivity contribution is -0.135. The number of nitrogens with zero attached hydrogens (tertiary/aromatic N) is 3. The van der Waals surface area contributed by atoms with Gasteiger partial charge in [0.25, 0.3) is 5.91 Å². The van der Waals surface area contributed by atoms with Gasteiger partial charge in [0.05, 0.1) is 22.1 Å². The van der Waals surface area contributed by atoms with Gasteiger partial charge < -0.3 is 9.64 Å². The molecule has 2 aromatic carbocycles. The van der Waals surface area contributed by atoms with Crippen LogP contribution in [-0.2, 0) is 19.6 Å². The number of rotatable bonds is 5. The van der Waals surface area contributed by atoms with Crippen LogP contribution in [0.5, 0.6) is 0 Å². The number of nitriles is 1. The van der Waals surface area contributed by atoms with E-state index in [1.54, 1.807) is 0 Å². The van der Waals surface area contributed by atoms with E-state index in [0.717, 1.165) is 0 Å². The molecule has 156 valence electrons. The normalized spacial score (nSPS) is 14.7. The first-order valence-corrected chi connectivity index (χ1v) is 10.8. The number of sulfonamides is 1. The van der Waals surface area contributed by atoms with Crippen molar-refractivity contribution in [1.29, 1.82) is 5.26 Å². The van der Waals surface area contributed by atoms with Crippen LogP contribution in [0, 0.1) is 11.3 Å². The van der Waals surface area contributed by atoms with Crippen LogP contribution in [0.15, 0.2) is 53.4 Å². The lowest BCUT2D eigenvalue weighted by atomic mass is 10.1. The molecule has 0 N–H and O–H groups in total. The van der Waals surface area contributed by atoms with Gasteiger partial charge in [-0.25, -0.2) is 13.2 Å². The molecular formula is C20H18ClN3O5S. The van der Waals surface area contributed by atoms with Crippen molar-refractivity contribution in [1.82, 2.24) is 9.21 Å². The SMILES string of the molecule is N#Cc1ccc(C(=O)OCC(=O)N2CCN(S(=O)(=O)c3ccc(Cl)cc3)CC2)cc1. The minimum Gasteiger partial charge on any atom is -0.452 e. The largest absolute Gasteiger partial charge is 0.452 e. The summed E-state index contributed by atoms with van der Waals surface area (Å²) in [5, 5.41) is 9.21. The van der Waals surface area contributed by atoms with E-state index in [0.29, 0.717) is 10.6 Å². The summed E-state index contributed by atoms with van der Waals surface area (Å²) in [6, 6.07) is 13.7. The Kier molecular flexibility index (Phi) is 6.72. The fourth-order valence-corrected chi connectivity index (χ4v) is 4.46. The lowest BCUT2D eigenvalue weighted by Crippen LogP contribution is -2.51. The van der Waals surface area contributed by atoms with E-state index in [1.165, 1.54) is 57.7 Å². The average molecular weight is 448 g/mol. The van der Waals surface area contributed by atoms with E-state index < -0.39 is 28.5 Å². The third-order valence-electron chi connectivity index (χ3n) is 4.62. The van der Waals surface area contributed by atoms with Crippen LogP contribution in [-0.4, -0.2) is 62.3 Å². The van der Waals surface area contributed by atoms with Crippen molar-refractivity contribution in [3.8, 4) is 6.07 Å². The second kappa shape index (κ2) is 9.26. The number of piperazine rings is 1. The molecule has 0 aliphatic carbocycles. The predicted molar refractivity (Wildman–Crippen MR) is 108 cm³/mol. The first-order valence-electron chi connectivity index (χ1n) is 9.02. The summed E-state index contributed by atoms with van der Waals surface area (Å²) in [5.74, 6) is -1.07. The highest BCUT2D eigenvalue weighted by Crippen LogP contribution is 2.20. The monoisotopic (exact) mass is 447 g/mol. The number of hydrogen-bond donors (Lipinski definition) is 0. The van der Waals surface area contributed by atoms with Gasteiger partial charge in [0.15, 0.2) is 6.61 Å². The second-order valence-electron chi connectivity index (χ2n) is 6.50. The molecule has 1 aliphatic heterocycles. The first-order chi connectivity index (χ1) is 14.3. The van der Waals surface area contributed by atoms with Gasteiger partial charge in [-0.2, -0.15) is 9.57 Å². The smallest absolute Gasteiger partial charge is 0.338 e. The molecule has 0 saturated carbocycles.